The van der Waals surface area contributed by atoms with E-state index in [0.717, 1.165) is 12.0 Å². The monoisotopic (exact) mass is 301 g/mol. The summed E-state index contributed by atoms with van der Waals surface area (Å²) < 4.78 is 0. The van der Waals surface area contributed by atoms with Crippen LogP contribution in [0, 0.1) is 18.8 Å². The van der Waals surface area contributed by atoms with Gasteiger partial charge in [-0.3, -0.25) is 9.59 Å². The van der Waals surface area contributed by atoms with E-state index in [1.807, 2.05) is 50.3 Å². The van der Waals surface area contributed by atoms with Crippen molar-refractivity contribution in [1.29, 1.82) is 0 Å². The Morgan fingerprint density at radius 1 is 1.18 bits per heavy atom. The summed E-state index contributed by atoms with van der Waals surface area (Å²) in [6.07, 6.45) is 5.44. The summed E-state index contributed by atoms with van der Waals surface area (Å²) in [4.78, 5) is 23.8. The highest BCUT2D eigenvalue weighted by Gasteiger charge is 2.34. The maximum atomic E-state index is 12.5. The summed E-state index contributed by atoms with van der Waals surface area (Å²) in [6.45, 7) is 4.04. The molecule has 3 atom stereocenters. The van der Waals surface area contributed by atoms with Gasteiger partial charge in [0, 0.05) is 0 Å². The normalized spacial score (nSPS) is 22.1. The molecule has 0 bridgehead atoms. The molecule has 118 valence electrons. The molecule has 0 heterocycles. The number of rotatable bonds is 5. The lowest BCUT2D eigenvalue weighted by atomic mass is 9.82. The molecule has 1 aliphatic rings. The third-order valence-corrected chi connectivity index (χ3v) is 4.29. The Kier molecular flexibility index (Phi) is 5.36. The van der Waals surface area contributed by atoms with Crippen LogP contribution in [0.5, 0.6) is 0 Å². The molecule has 1 aromatic rings. The van der Waals surface area contributed by atoms with Crippen molar-refractivity contribution in [3.63, 3.8) is 0 Å². The molecule has 0 unspecified atom stereocenters. The zero-order valence-corrected chi connectivity index (χ0v) is 13.1. The second-order valence-corrected chi connectivity index (χ2v) is 5.87. The van der Waals surface area contributed by atoms with Gasteiger partial charge in [-0.2, -0.15) is 0 Å². The van der Waals surface area contributed by atoms with Gasteiger partial charge in [0.15, 0.2) is 0 Å². The molecular weight excluding hydrogens is 278 g/mol. The van der Waals surface area contributed by atoms with E-state index >= 15 is 0 Å². The van der Waals surface area contributed by atoms with Gasteiger partial charge in [-0.15, -0.1) is 0 Å². The van der Waals surface area contributed by atoms with Crippen molar-refractivity contribution in [1.82, 2.24) is 5.32 Å². The van der Waals surface area contributed by atoms with Crippen molar-refractivity contribution in [3.05, 3.63) is 47.5 Å². The number of allylic oxidation sites excluding steroid dienone is 2. The number of nitrogens with one attached hydrogen (secondary N) is 1. The topological polar surface area (TPSA) is 66.4 Å². The van der Waals surface area contributed by atoms with Gasteiger partial charge in [0.1, 0.15) is 0 Å². The van der Waals surface area contributed by atoms with Crippen LogP contribution in [-0.4, -0.2) is 17.0 Å². The Morgan fingerprint density at radius 2 is 1.77 bits per heavy atom. The molecule has 0 aliphatic heterocycles. The molecule has 0 fully saturated rings. The number of carboxylic acids is 1. The molecule has 4 nitrogen and oxygen atoms in total. The van der Waals surface area contributed by atoms with E-state index in [1.54, 1.807) is 0 Å². The number of hydrogen-bond acceptors (Lipinski definition) is 2. The summed E-state index contributed by atoms with van der Waals surface area (Å²) in [5, 5.41) is 12.3. The molecule has 1 amide bonds. The largest absolute Gasteiger partial charge is 0.481 e. The molecule has 22 heavy (non-hydrogen) atoms. The average molecular weight is 301 g/mol. The first kappa shape index (κ1) is 16.3. The highest BCUT2D eigenvalue weighted by molar-refractivity contribution is 5.85. The van der Waals surface area contributed by atoms with Crippen LogP contribution in [0.15, 0.2) is 36.4 Å². The lowest BCUT2D eigenvalue weighted by molar-refractivity contribution is -0.147. The van der Waals surface area contributed by atoms with E-state index in [1.165, 1.54) is 5.56 Å². The minimum atomic E-state index is -0.895. The van der Waals surface area contributed by atoms with E-state index < -0.39 is 17.8 Å². The SMILES string of the molecule is CC[C@H](NC(=O)[C@H]1CC=CC[C@@H]1C(=O)O)c1ccc(C)cc1. The number of aliphatic carboxylic acids is 1. The zero-order chi connectivity index (χ0) is 16.1. The first-order valence-corrected chi connectivity index (χ1v) is 7.77. The highest BCUT2D eigenvalue weighted by Crippen LogP contribution is 2.27. The molecule has 0 saturated heterocycles. The van der Waals surface area contributed by atoms with E-state index in [2.05, 4.69) is 5.32 Å². The Morgan fingerprint density at radius 3 is 2.32 bits per heavy atom. The summed E-state index contributed by atoms with van der Waals surface area (Å²) in [5.41, 5.74) is 2.23. The van der Waals surface area contributed by atoms with Crippen LogP contribution in [-0.2, 0) is 9.59 Å². The van der Waals surface area contributed by atoms with Crippen LogP contribution >= 0.6 is 0 Å². The standard InChI is InChI=1S/C18H23NO3/c1-3-16(13-10-8-12(2)9-11-13)19-17(20)14-6-4-5-7-15(14)18(21)22/h4-5,8-11,14-16H,3,6-7H2,1-2H3,(H,19,20)(H,21,22)/t14-,15-,16-/m0/s1. The van der Waals surface area contributed by atoms with Crippen LogP contribution in [0.25, 0.3) is 0 Å². The summed E-state index contributed by atoms with van der Waals surface area (Å²) in [7, 11) is 0. The number of carboxylic acid groups (broad SMARTS) is 1. The van der Waals surface area contributed by atoms with Crippen LogP contribution in [0.2, 0.25) is 0 Å². The van der Waals surface area contributed by atoms with E-state index in [4.69, 9.17) is 0 Å². The van der Waals surface area contributed by atoms with Crippen LogP contribution in [0.3, 0.4) is 0 Å². The summed E-state index contributed by atoms with van der Waals surface area (Å²) >= 11 is 0. The molecule has 2 N–H and O–H groups in total. The lowest BCUT2D eigenvalue weighted by Crippen LogP contribution is -2.40. The molecule has 1 aliphatic carbocycles. The van der Waals surface area contributed by atoms with Crippen LogP contribution in [0.4, 0.5) is 0 Å². The smallest absolute Gasteiger partial charge is 0.307 e. The van der Waals surface area contributed by atoms with Crippen LogP contribution in [0.1, 0.15) is 43.4 Å². The third-order valence-electron chi connectivity index (χ3n) is 4.29. The molecule has 0 aromatic heterocycles. The second kappa shape index (κ2) is 7.25. The molecule has 2 rings (SSSR count). The average Bonchev–Trinajstić information content (AvgIpc) is 2.53. The van der Waals surface area contributed by atoms with Gasteiger partial charge in [0.05, 0.1) is 17.9 Å². The Bertz CT molecular complexity index is 562. The van der Waals surface area contributed by atoms with Gasteiger partial charge >= 0.3 is 5.97 Å². The zero-order valence-electron chi connectivity index (χ0n) is 13.1. The molecule has 4 heteroatoms. The van der Waals surface area contributed by atoms with Crippen molar-refractivity contribution in [2.75, 3.05) is 0 Å². The number of hydrogen-bond donors (Lipinski definition) is 2. The van der Waals surface area contributed by atoms with Gasteiger partial charge < -0.3 is 10.4 Å². The van der Waals surface area contributed by atoms with Gasteiger partial charge in [-0.25, -0.2) is 0 Å². The number of amides is 1. The van der Waals surface area contributed by atoms with Crippen molar-refractivity contribution in [2.45, 2.75) is 39.2 Å². The fourth-order valence-electron chi connectivity index (χ4n) is 2.88. The molecule has 0 radical (unpaired) electrons. The van der Waals surface area contributed by atoms with Gasteiger partial charge in [-0.1, -0.05) is 48.9 Å². The van der Waals surface area contributed by atoms with Crippen molar-refractivity contribution < 1.29 is 14.7 Å². The Labute approximate surface area is 131 Å². The summed E-state index contributed by atoms with van der Waals surface area (Å²) in [5.74, 6) is -2.17. The number of aryl methyl sites for hydroxylation is 1. The minimum absolute atomic E-state index is 0.0755. The second-order valence-electron chi connectivity index (χ2n) is 5.87. The fourth-order valence-corrected chi connectivity index (χ4v) is 2.88. The number of benzene rings is 1. The first-order chi connectivity index (χ1) is 10.5. The molecule has 0 saturated carbocycles. The lowest BCUT2D eigenvalue weighted by Gasteiger charge is -2.27. The summed E-state index contributed by atoms with van der Waals surface area (Å²) in [6, 6.07) is 7.99. The predicted octanol–water partition coefficient (Wildman–Crippen LogP) is 3.23. The molecule has 0 spiro atoms. The van der Waals surface area contributed by atoms with E-state index in [0.29, 0.717) is 12.8 Å². The van der Waals surface area contributed by atoms with Gasteiger partial charge in [-0.05, 0) is 31.7 Å². The minimum Gasteiger partial charge on any atom is -0.481 e. The fraction of sp³-hybridized carbons (Fsp3) is 0.444. The van der Waals surface area contributed by atoms with Crippen molar-refractivity contribution in [3.8, 4) is 0 Å². The van der Waals surface area contributed by atoms with Gasteiger partial charge in [0.2, 0.25) is 5.91 Å². The third kappa shape index (κ3) is 3.75. The predicted molar refractivity (Wildman–Crippen MR) is 85.3 cm³/mol. The highest BCUT2D eigenvalue weighted by atomic mass is 16.4. The number of carbonyl (C=O) groups excluding carboxylic acids is 1. The quantitative estimate of drug-likeness (QED) is 0.821. The van der Waals surface area contributed by atoms with Crippen molar-refractivity contribution in [2.24, 2.45) is 11.8 Å². The van der Waals surface area contributed by atoms with Crippen molar-refractivity contribution >= 4 is 11.9 Å². The molecular formula is C18H23NO3. The van der Waals surface area contributed by atoms with E-state index in [9.17, 15) is 14.7 Å². The first-order valence-electron chi connectivity index (χ1n) is 7.77. The maximum absolute atomic E-state index is 12.5. The maximum Gasteiger partial charge on any atom is 0.307 e. The Hall–Kier alpha value is -2.10. The van der Waals surface area contributed by atoms with Crippen LogP contribution < -0.4 is 5.32 Å². The van der Waals surface area contributed by atoms with Gasteiger partial charge in [0.25, 0.3) is 0 Å². The molecule has 1 aromatic carbocycles. The number of carbonyl (C=O) groups is 2. The van der Waals surface area contributed by atoms with E-state index in [-0.39, 0.29) is 11.9 Å². The Balaban J connectivity index is 2.10.